The summed E-state index contributed by atoms with van der Waals surface area (Å²) in [5.74, 6) is 0. The standard InChI is InChI=1S/C54H49BN2O/c1-6-7-17-35-26-28-45(40(32-35)36-18-10-8-11-19-36)56-46-24-16-23-38-41-33-42-43(54(4,5)31-30-53(42,2)3)34-47(41)57(37-20-12-9-13-21-37)55(51(38)46)44-27-29-49-50(52(44)56)39-22-14-15-25-48(39)58-49/h8-16,18-29,32-34H,6-7,17,30-31H2,1-5H3. The van der Waals surface area contributed by atoms with Crippen molar-refractivity contribution in [2.75, 3.05) is 9.71 Å². The van der Waals surface area contributed by atoms with Crippen LogP contribution in [0.5, 0.6) is 0 Å². The summed E-state index contributed by atoms with van der Waals surface area (Å²) in [6.45, 7) is 12.0. The van der Waals surface area contributed by atoms with E-state index < -0.39 is 0 Å². The van der Waals surface area contributed by atoms with Crippen molar-refractivity contribution >= 4 is 68.1 Å². The van der Waals surface area contributed by atoms with Gasteiger partial charge in [0.05, 0.1) is 16.8 Å². The van der Waals surface area contributed by atoms with E-state index in [4.69, 9.17) is 4.42 Å². The fraction of sp³-hybridized carbons (Fsp3) is 0.222. The van der Waals surface area contributed by atoms with Crippen LogP contribution in [0.25, 0.3) is 44.2 Å². The van der Waals surface area contributed by atoms with E-state index in [1.54, 1.807) is 0 Å². The van der Waals surface area contributed by atoms with Crippen LogP contribution in [-0.4, -0.2) is 6.85 Å². The summed E-state index contributed by atoms with van der Waals surface area (Å²) in [6.07, 6.45) is 5.75. The number of furan rings is 1. The molecule has 0 atom stereocenters. The van der Waals surface area contributed by atoms with Gasteiger partial charge in [0.1, 0.15) is 11.2 Å². The van der Waals surface area contributed by atoms with Gasteiger partial charge in [-0.1, -0.05) is 132 Å². The first kappa shape index (κ1) is 35.2. The molecule has 4 heteroatoms. The molecule has 58 heavy (non-hydrogen) atoms. The van der Waals surface area contributed by atoms with Crippen molar-refractivity contribution in [3.05, 3.63) is 162 Å². The van der Waals surface area contributed by atoms with E-state index >= 15 is 0 Å². The summed E-state index contributed by atoms with van der Waals surface area (Å²) in [5, 5.41) is 2.30. The SMILES string of the molecule is CCCCc1ccc(N2c3cccc4c3B(c3ccc5oc6ccccc6c5c32)N(c2ccccc2)c2cc3c(cc2-4)C(C)(C)CCC3(C)C)c(-c2ccccc2)c1. The molecule has 0 spiro atoms. The predicted molar refractivity (Wildman–Crippen MR) is 247 cm³/mol. The van der Waals surface area contributed by atoms with Crippen molar-refractivity contribution in [3.8, 4) is 22.3 Å². The van der Waals surface area contributed by atoms with Gasteiger partial charge >= 0.3 is 6.85 Å². The first-order valence-corrected chi connectivity index (χ1v) is 21.3. The predicted octanol–water partition coefficient (Wildman–Crippen LogP) is 13.7. The van der Waals surface area contributed by atoms with E-state index in [0.29, 0.717) is 0 Å². The van der Waals surface area contributed by atoms with Crippen LogP contribution in [0, 0.1) is 0 Å². The van der Waals surface area contributed by atoms with Crippen molar-refractivity contribution < 1.29 is 4.42 Å². The first-order valence-electron chi connectivity index (χ1n) is 21.3. The number of rotatable bonds is 6. The van der Waals surface area contributed by atoms with Crippen molar-refractivity contribution in [1.29, 1.82) is 0 Å². The lowest BCUT2D eigenvalue weighted by Gasteiger charge is -2.48. The molecular formula is C54H49BN2O. The molecule has 0 amide bonds. The van der Waals surface area contributed by atoms with Gasteiger partial charge in [-0.25, -0.2) is 0 Å². The molecule has 3 nitrogen and oxygen atoms in total. The molecule has 0 fully saturated rings. The Labute approximate surface area is 343 Å². The molecule has 2 aliphatic heterocycles. The summed E-state index contributed by atoms with van der Waals surface area (Å²) in [4.78, 5) is 5.26. The second-order valence-electron chi connectivity index (χ2n) is 18.2. The molecule has 0 N–H and O–H groups in total. The van der Waals surface area contributed by atoms with Gasteiger partial charge in [0.15, 0.2) is 0 Å². The molecule has 0 saturated heterocycles. The number of benzene rings is 7. The van der Waals surface area contributed by atoms with Crippen LogP contribution in [0.3, 0.4) is 0 Å². The molecule has 11 rings (SSSR count). The van der Waals surface area contributed by atoms with Crippen LogP contribution in [-0.2, 0) is 17.3 Å². The Hall–Kier alpha value is -6.00. The van der Waals surface area contributed by atoms with Crippen molar-refractivity contribution in [2.45, 2.75) is 77.6 Å². The third-order valence-corrected chi connectivity index (χ3v) is 13.7. The van der Waals surface area contributed by atoms with Crippen LogP contribution < -0.4 is 20.6 Å². The maximum absolute atomic E-state index is 6.71. The van der Waals surface area contributed by atoms with Gasteiger partial charge in [-0.2, -0.15) is 0 Å². The van der Waals surface area contributed by atoms with Gasteiger partial charge in [-0.05, 0) is 130 Å². The van der Waals surface area contributed by atoms with Gasteiger partial charge in [-0.3, -0.25) is 0 Å². The van der Waals surface area contributed by atoms with E-state index in [2.05, 4.69) is 190 Å². The number of fused-ring (bicyclic) bond motifs is 9. The lowest BCUT2D eigenvalue weighted by Crippen LogP contribution is -2.61. The molecule has 0 radical (unpaired) electrons. The third kappa shape index (κ3) is 5.20. The quantitative estimate of drug-likeness (QED) is 0.158. The molecule has 1 aromatic heterocycles. The lowest BCUT2D eigenvalue weighted by molar-refractivity contribution is 0.332. The average Bonchev–Trinajstić information content (AvgIpc) is 3.64. The fourth-order valence-corrected chi connectivity index (χ4v) is 10.5. The average molecular weight is 753 g/mol. The van der Waals surface area contributed by atoms with Gasteiger partial charge in [0.25, 0.3) is 0 Å². The van der Waals surface area contributed by atoms with Crippen molar-refractivity contribution in [1.82, 2.24) is 0 Å². The van der Waals surface area contributed by atoms with Gasteiger partial charge in [0, 0.05) is 33.6 Å². The first-order chi connectivity index (χ1) is 28.2. The maximum Gasteiger partial charge on any atom is 0.333 e. The zero-order chi connectivity index (χ0) is 39.3. The molecule has 284 valence electrons. The van der Waals surface area contributed by atoms with E-state index in [9.17, 15) is 0 Å². The second-order valence-corrected chi connectivity index (χ2v) is 18.2. The monoisotopic (exact) mass is 752 g/mol. The minimum Gasteiger partial charge on any atom is -0.456 e. The van der Waals surface area contributed by atoms with Crippen LogP contribution in [0.4, 0.5) is 28.4 Å². The Bertz CT molecular complexity index is 2910. The van der Waals surface area contributed by atoms with Gasteiger partial charge < -0.3 is 14.1 Å². The molecule has 0 saturated carbocycles. The summed E-state index contributed by atoms with van der Waals surface area (Å²) in [7, 11) is 0. The Balaban J connectivity index is 1.28. The number of anilines is 5. The summed E-state index contributed by atoms with van der Waals surface area (Å²) >= 11 is 0. The zero-order valence-corrected chi connectivity index (χ0v) is 34.3. The van der Waals surface area contributed by atoms with Crippen LogP contribution in [0.2, 0.25) is 0 Å². The highest BCUT2D eigenvalue weighted by atomic mass is 16.3. The van der Waals surface area contributed by atoms with Crippen molar-refractivity contribution in [2.24, 2.45) is 0 Å². The highest BCUT2D eigenvalue weighted by molar-refractivity contribution is 6.94. The number of hydrogen-bond donors (Lipinski definition) is 0. The maximum atomic E-state index is 6.71. The number of para-hydroxylation sites is 2. The Kier molecular flexibility index (Phi) is 7.89. The number of hydrogen-bond acceptors (Lipinski definition) is 3. The topological polar surface area (TPSA) is 19.6 Å². The normalized spacial score (nSPS) is 15.9. The number of unbranched alkanes of at least 4 members (excludes halogenated alkanes) is 1. The summed E-state index contributed by atoms with van der Waals surface area (Å²) in [5.41, 5.74) is 20.1. The molecule has 1 aliphatic carbocycles. The molecule has 3 heterocycles. The summed E-state index contributed by atoms with van der Waals surface area (Å²) < 4.78 is 6.71. The Morgan fingerprint density at radius 2 is 1.33 bits per heavy atom. The highest BCUT2D eigenvalue weighted by Gasteiger charge is 2.48. The number of nitrogens with zero attached hydrogens (tertiary/aromatic N) is 2. The van der Waals surface area contributed by atoms with Crippen molar-refractivity contribution in [3.63, 3.8) is 0 Å². The van der Waals surface area contributed by atoms with E-state index in [0.717, 1.165) is 28.4 Å². The van der Waals surface area contributed by atoms with Crippen LogP contribution in [0.1, 0.15) is 77.0 Å². The molecular weight excluding hydrogens is 703 g/mol. The smallest absolute Gasteiger partial charge is 0.333 e. The second kappa shape index (κ2) is 13.0. The van der Waals surface area contributed by atoms with Crippen LogP contribution in [0.15, 0.2) is 150 Å². The largest absolute Gasteiger partial charge is 0.456 e. The van der Waals surface area contributed by atoms with Gasteiger partial charge in [0.2, 0.25) is 0 Å². The molecule has 7 aromatic carbocycles. The zero-order valence-electron chi connectivity index (χ0n) is 34.3. The third-order valence-electron chi connectivity index (χ3n) is 13.7. The van der Waals surface area contributed by atoms with E-state index in [1.807, 2.05) is 0 Å². The van der Waals surface area contributed by atoms with Gasteiger partial charge in [-0.15, -0.1) is 0 Å². The lowest BCUT2D eigenvalue weighted by atomic mass is 9.43. The summed E-state index contributed by atoms with van der Waals surface area (Å²) in [6, 6.07) is 54.7. The minimum atomic E-state index is -0.0767. The Morgan fingerprint density at radius 1 is 0.603 bits per heavy atom. The molecule has 0 bridgehead atoms. The molecule has 8 aromatic rings. The molecule has 3 aliphatic rings. The minimum absolute atomic E-state index is 0.0740. The Morgan fingerprint density at radius 3 is 2.10 bits per heavy atom. The molecule has 0 unspecified atom stereocenters. The van der Waals surface area contributed by atoms with E-state index in [1.165, 1.54) is 104 Å². The van der Waals surface area contributed by atoms with E-state index in [-0.39, 0.29) is 17.7 Å². The highest BCUT2D eigenvalue weighted by Crippen LogP contribution is 2.54. The number of aryl methyl sites for hydroxylation is 1. The van der Waals surface area contributed by atoms with Crippen LogP contribution >= 0.6 is 0 Å². The fourth-order valence-electron chi connectivity index (χ4n) is 10.5.